The first-order valence-electron chi connectivity index (χ1n) is 5.85. The Balaban J connectivity index is 2.74. The Kier molecular flexibility index (Phi) is 5.90. The lowest BCUT2D eigenvalue weighted by Crippen LogP contribution is -2.47. The summed E-state index contributed by atoms with van der Waals surface area (Å²) < 4.78 is 0. The molecule has 1 rings (SSSR count). The number of carbonyl (C=O) groups is 2. The van der Waals surface area contributed by atoms with Gasteiger partial charge in [-0.15, -0.1) is 6.42 Å². The van der Waals surface area contributed by atoms with Crippen LogP contribution in [0.1, 0.15) is 5.56 Å². The molecule has 2 N–H and O–H groups in total. The fraction of sp³-hybridized carbons (Fsp3) is 0.200. The van der Waals surface area contributed by atoms with Crippen molar-refractivity contribution in [1.29, 1.82) is 0 Å². The van der Waals surface area contributed by atoms with Crippen LogP contribution in [-0.4, -0.2) is 24.4 Å². The molecule has 0 heterocycles. The normalized spacial score (nSPS) is 10.9. The van der Waals surface area contributed by atoms with E-state index in [1.807, 2.05) is 30.3 Å². The van der Waals surface area contributed by atoms with Gasteiger partial charge in [0.25, 0.3) is 0 Å². The Hall–Kier alpha value is -2.54. The third-order valence-electron chi connectivity index (χ3n) is 2.47. The first kappa shape index (κ1) is 14.5. The van der Waals surface area contributed by atoms with E-state index in [1.54, 1.807) is 0 Å². The van der Waals surface area contributed by atoms with Gasteiger partial charge in [0.15, 0.2) is 0 Å². The molecule has 0 saturated heterocycles. The molecule has 1 aromatic rings. The number of amides is 2. The number of terminal acetylenes is 1. The highest BCUT2D eigenvalue weighted by Crippen LogP contribution is 2.03. The Morgan fingerprint density at radius 2 is 2.05 bits per heavy atom. The summed E-state index contributed by atoms with van der Waals surface area (Å²) in [5, 5.41) is 5.14. The van der Waals surface area contributed by atoms with Gasteiger partial charge in [0, 0.05) is 6.42 Å². The van der Waals surface area contributed by atoms with Crippen LogP contribution < -0.4 is 10.6 Å². The zero-order valence-electron chi connectivity index (χ0n) is 10.6. The third kappa shape index (κ3) is 5.09. The minimum atomic E-state index is -0.666. The lowest BCUT2D eigenvalue weighted by molar-refractivity contribution is -0.126. The molecule has 0 saturated carbocycles. The van der Waals surface area contributed by atoms with Crippen LogP contribution in [0, 0.1) is 12.3 Å². The van der Waals surface area contributed by atoms with Crippen molar-refractivity contribution in [3.8, 4) is 12.3 Å². The average molecular weight is 256 g/mol. The van der Waals surface area contributed by atoms with Crippen LogP contribution in [0.5, 0.6) is 0 Å². The minimum Gasteiger partial charge on any atom is -0.343 e. The van der Waals surface area contributed by atoms with Crippen LogP contribution in [0.4, 0.5) is 0 Å². The zero-order chi connectivity index (χ0) is 14.1. The number of hydrogen-bond acceptors (Lipinski definition) is 2. The highest BCUT2D eigenvalue weighted by Gasteiger charge is 2.19. The quantitative estimate of drug-likeness (QED) is 0.580. The first-order valence-corrected chi connectivity index (χ1v) is 5.85. The van der Waals surface area contributed by atoms with E-state index < -0.39 is 11.9 Å². The second-order valence-electron chi connectivity index (χ2n) is 3.88. The first-order chi connectivity index (χ1) is 9.17. The maximum absolute atomic E-state index is 11.9. The standard InChI is InChI=1S/C15H16N2O2/c1-3-10-16-15(19)13(17-14(18)4-2)11-12-8-6-5-7-9-12/h1,4-9,13H,2,10-11H2,(H,16,19)(H,17,18)/t13-/m0/s1. The van der Waals surface area contributed by atoms with E-state index in [2.05, 4.69) is 23.1 Å². The van der Waals surface area contributed by atoms with E-state index in [0.29, 0.717) is 6.42 Å². The van der Waals surface area contributed by atoms with Crippen molar-refractivity contribution in [3.05, 3.63) is 48.6 Å². The van der Waals surface area contributed by atoms with Gasteiger partial charge >= 0.3 is 0 Å². The van der Waals surface area contributed by atoms with Crippen LogP contribution >= 0.6 is 0 Å². The highest BCUT2D eigenvalue weighted by molar-refractivity contribution is 5.92. The molecule has 0 spiro atoms. The van der Waals surface area contributed by atoms with E-state index in [4.69, 9.17) is 6.42 Å². The minimum absolute atomic E-state index is 0.133. The van der Waals surface area contributed by atoms with Crippen LogP contribution in [-0.2, 0) is 16.0 Å². The molecule has 0 aliphatic rings. The molecule has 0 fully saturated rings. The summed E-state index contributed by atoms with van der Waals surface area (Å²) in [4.78, 5) is 23.2. The molecule has 19 heavy (non-hydrogen) atoms. The predicted octanol–water partition coefficient (Wildman–Crippen LogP) is 0.649. The summed E-state index contributed by atoms with van der Waals surface area (Å²) in [5.74, 6) is 1.62. The van der Waals surface area contributed by atoms with Crippen molar-refractivity contribution in [2.24, 2.45) is 0 Å². The monoisotopic (exact) mass is 256 g/mol. The molecular formula is C15H16N2O2. The van der Waals surface area contributed by atoms with Gasteiger partial charge in [-0.3, -0.25) is 9.59 Å². The van der Waals surface area contributed by atoms with Gasteiger partial charge in [-0.25, -0.2) is 0 Å². The summed E-state index contributed by atoms with van der Waals surface area (Å²) >= 11 is 0. The summed E-state index contributed by atoms with van der Waals surface area (Å²) in [6.07, 6.45) is 6.62. The number of nitrogens with one attached hydrogen (secondary N) is 2. The molecule has 1 atom stereocenters. The highest BCUT2D eigenvalue weighted by atomic mass is 16.2. The van der Waals surface area contributed by atoms with Crippen LogP contribution in [0.25, 0.3) is 0 Å². The average Bonchev–Trinajstić information content (AvgIpc) is 2.44. The summed E-state index contributed by atoms with van der Waals surface area (Å²) in [7, 11) is 0. The van der Waals surface area contributed by atoms with Gasteiger partial charge in [-0.2, -0.15) is 0 Å². The maximum atomic E-state index is 11.9. The number of hydrogen-bond donors (Lipinski definition) is 2. The summed E-state index contributed by atoms with van der Waals surface area (Å²) in [6, 6.07) is 8.76. The molecule has 2 amide bonds. The van der Waals surface area contributed by atoms with Crippen molar-refractivity contribution in [2.45, 2.75) is 12.5 Å². The van der Waals surface area contributed by atoms with Crippen molar-refractivity contribution in [1.82, 2.24) is 10.6 Å². The second kappa shape index (κ2) is 7.72. The third-order valence-corrected chi connectivity index (χ3v) is 2.47. The van der Waals surface area contributed by atoms with E-state index in [1.165, 1.54) is 0 Å². The molecule has 98 valence electrons. The molecule has 0 aliphatic heterocycles. The SMILES string of the molecule is C#CCNC(=O)[C@H](Cc1ccccc1)NC(=O)C=C. The Morgan fingerprint density at radius 3 is 2.63 bits per heavy atom. The molecule has 0 radical (unpaired) electrons. The van der Waals surface area contributed by atoms with Crippen molar-refractivity contribution < 1.29 is 9.59 Å². The molecule has 4 heteroatoms. The zero-order valence-corrected chi connectivity index (χ0v) is 10.6. The maximum Gasteiger partial charge on any atom is 0.244 e. The van der Waals surface area contributed by atoms with Gasteiger partial charge in [0.2, 0.25) is 11.8 Å². The van der Waals surface area contributed by atoms with E-state index in [0.717, 1.165) is 11.6 Å². The van der Waals surface area contributed by atoms with Gasteiger partial charge in [-0.05, 0) is 11.6 Å². The molecule has 1 aromatic carbocycles. The molecule has 0 unspecified atom stereocenters. The lowest BCUT2D eigenvalue weighted by Gasteiger charge is -2.17. The van der Waals surface area contributed by atoms with Gasteiger partial charge in [0.05, 0.1) is 6.54 Å². The molecule has 0 aromatic heterocycles. The fourth-order valence-electron chi connectivity index (χ4n) is 1.55. The van der Waals surface area contributed by atoms with Crippen LogP contribution in [0.3, 0.4) is 0 Å². The smallest absolute Gasteiger partial charge is 0.244 e. The number of benzene rings is 1. The van der Waals surface area contributed by atoms with Crippen molar-refractivity contribution in [2.75, 3.05) is 6.54 Å². The molecule has 0 bridgehead atoms. The van der Waals surface area contributed by atoms with Crippen LogP contribution in [0.2, 0.25) is 0 Å². The summed E-state index contributed by atoms with van der Waals surface area (Å²) in [5.41, 5.74) is 0.952. The Morgan fingerprint density at radius 1 is 1.37 bits per heavy atom. The molecule has 4 nitrogen and oxygen atoms in total. The topological polar surface area (TPSA) is 58.2 Å². The summed E-state index contributed by atoms with van der Waals surface area (Å²) in [6.45, 7) is 3.50. The second-order valence-corrected chi connectivity index (χ2v) is 3.88. The van der Waals surface area contributed by atoms with E-state index >= 15 is 0 Å². The number of rotatable bonds is 6. The number of carbonyl (C=O) groups excluding carboxylic acids is 2. The van der Waals surface area contributed by atoms with E-state index in [9.17, 15) is 9.59 Å². The lowest BCUT2D eigenvalue weighted by atomic mass is 10.1. The Bertz CT molecular complexity index is 489. The van der Waals surface area contributed by atoms with Crippen LogP contribution in [0.15, 0.2) is 43.0 Å². The molecular weight excluding hydrogens is 240 g/mol. The molecule has 0 aliphatic carbocycles. The van der Waals surface area contributed by atoms with Gasteiger partial charge < -0.3 is 10.6 Å². The van der Waals surface area contributed by atoms with Gasteiger partial charge in [0.1, 0.15) is 6.04 Å². The fourth-order valence-corrected chi connectivity index (χ4v) is 1.55. The van der Waals surface area contributed by atoms with Crippen molar-refractivity contribution in [3.63, 3.8) is 0 Å². The van der Waals surface area contributed by atoms with Gasteiger partial charge in [-0.1, -0.05) is 42.8 Å². The Labute approximate surface area is 112 Å². The van der Waals surface area contributed by atoms with E-state index in [-0.39, 0.29) is 12.5 Å². The largest absolute Gasteiger partial charge is 0.343 e. The predicted molar refractivity (Wildman–Crippen MR) is 74.1 cm³/mol. The van der Waals surface area contributed by atoms with Crippen molar-refractivity contribution >= 4 is 11.8 Å².